The first-order valence-corrected chi connectivity index (χ1v) is 8.43. The highest BCUT2D eigenvalue weighted by Gasteiger charge is 2.52. The highest BCUT2D eigenvalue weighted by molar-refractivity contribution is 6.07. The molecule has 1 spiro atoms. The number of hydrogen-bond acceptors (Lipinski definition) is 4. The molecule has 3 aliphatic rings. The smallest absolute Gasteiger partial charge is 0.326 e. The predicted octanol–water partition coefficient (Wildman–Crippen LogP) is 1.56. The first kappa shape index (κ1) is 15.7. The Labute approximate surface area is 132 Å². The zero-order valence-electron chi connectivity index (χ0n) is 13.6. The molecule has 0 aromatic rings. The van der Waals surface area contributed by atoms with Crippen LogP contribution in [0.3, 0.4) is 0 Å². The largest absolute Gasteiger partial charge is 0.381 e. The number of nitrogens with zero attached hydrogens (tertiary/aromatic N) is 2. The molecule has 0 unspecified atom stereocenters. The Kier molecular flexibility index (Phi) is 4.41. The van der Waals surface area contributed by atoms with E-state index in [2.05, 4.69) is 17.1 Å². The molecule has 2 heterocycles. The maximum atomic E-state index is 12.8. The van der Waals surface area contributed by atoms with Crippen molar-refractivity contribution < 1.29 is 14.3 Å². The molecule has 0 radical (unpaired) electrons. The molecule has 6 heteroatoms. The Morgan fingerprint density at radius 3 is 2.41 bits per heavy atom. The fourth-order valence-corrected chi connectivity index (χ4v) is 3.88. The Hall–Kier alpha value is -1.14. The predicted molar refractivity (Wildman–Crippen MR) is 82.2 cm³/mol. The molecular weight excluding hydrogens is 282 g/mol. The standard InChI is InChI=1S/C16H27N3O3/c1-12-3-7-16(8-4-12)14(20)19(15(21)17-16)11-18-9-5-13(22-2)6-10-18/h12-13H,3-11H2,1-2H3,(H,17,21). The fourth-order valence-electron chi connectivity index (χ4n) is 3.88. The lowest BCUT2D eigenvalue weighted by Crippen LogP contribution is -2.50. The molecule has 22 heavy (non-hydrogen) atoms. The SMILES string of the molecule is COC1CCN(CN2C(=O)NC3(CCC(C)CC3)C2=O)CC1. The highest BCUT2D eigenvalue weighted by Crippen LogP contribution is 2.36. The number of methoxy groups -OCH3 is 1. The van der Waals surface area contributed by atoms with Gasteiger partial charge in [-0.1, -0.05) is 6.92 Å². The number of hydrogen-bond donors (Lipinski definition) is 1. The van der Waals surface area contributed by atoms with Crippen LogP contribution in [0, 0.1) is 5.92 Å². The van der Waals surface area contributed by atoms with E-state index in [0.29, 0.717) is 18.7 Å². The van der Waals surface area contributed by atoms with E-state index in [4.69, 9.17) is 4.74 Å². The molecule has 3 amide bonds. The van der Waals surface area contributed by atoms with Crippen LogP contribution in [0.5, 0.6) is 0 Å². The molecule has 0 aromatic heterocycles. The lowest BCUT2D eigenvalue weighted by Gasteiger charge is -2.35. The summed E-state index contributed by atoms with van der Waals surface area (Å²) in [5.74, 6) is 0.635. The molecule has 3 fully saturated rings. The number of piperidine rings is 1. The summed E-state index contributed by atoms with van der Waals surface area (Å²) in [4.78, 5) is 28.7. The summed E-state index contributed by atoms with van der Waals surface area (Å²) in [6.07, 6.45) is 5.82. The van der Waals surface area contributed by atoms with Crippen molar-refractivity contribution in [2.24, 2.45) is 5.92 Å². The number of nitrogens with one attached hydrogen (secondary N) is 1. The summed E-state index contributed by atoms with van der Waals surface area (Å²) in [5, 5.41) is 2.99. The van der Waals surface area contributed by atoms with Crippen LogP contribution < -0.4 is 5.32 Å². The quantitative estimate of drug-likeness (QED) is 0.804. The van der Waals surface area contributed by atoms with Crippen LogP contribution in [-0.4, -0.2) is 60.2 Å². The molecule has 1 saturated carbocycles. The lowest BCUT2D eigenvalue weighted by atomic mass is 9.77. The van der Waals surface area contributed by atoms with Gasteiger partial charge in [-0.05, 0) is 44.4 Å². The van der Waals surface area contributed by atoms with E-state index >= 15 is 0 Å². The van der Waals surface area contributed by atoms with Gasteiger partial charge in [0.2, 0.25) is 0 Å². The number of urea groups is 1. The van der Waals surface area contributed by atoms with Crippen molar-refractivity contribution in [3.05, 3.63) is 0 Å². The van der Waals surface area contributed by atoms with Gasteiger partial charge >= 0.3 is 6.03 Å². The lowest BCUT2D eigenvalue weighted by molar-refractivity contribution is -0.134. The molecule has 2 aliphatic heterocycles. The molecule has 1 N–H and O–H groups in total. The van der Waals surface area contributed by atoms with Crippen molar-refractivity contribution in [2.75, 3.05) is 26.9 Å². The summed E-state index contributed by atoms with van der Waals surface area (Å²) < 4.78 is 5.37. The Morgan fingerprint density at radius 1 is 1.18 bits per heavy atom. The first-order valence-electron chi connectivity index (χ1n) is 8.43. The molecule has 0 aromatic carbocycles. The van der Waals surface area contributed by atoms with Gasteiger partial charge in [0, 0.05) is 20.2 Å². The van der Waals surface area contributed by atoms with Gasteiger partial charge in [-0.3, -0.25) is 9.69 Å². The van der Waals surface area contributed by atoms with Crippen LogP contribution >= 0.6 is 0 Å². The summed E-state index contributed by atoms with van der Waals surface area (Å²) in [7, 11) is 1.74. The minimum atomic E-state index is -0.617. The Balaban J connectivity index is 1.60. The van der Waals surface area contributed by atoms with Crippen LogP contribution in [0.2, 0.25) is 0 Å². The van der Waals surface area contributed by atoms with E-state index in [1.54, 1.807) is 7.11 Å². The minimum Gasteiger partial charge on any atom is -0.381 e. The van der Waals surface area contributed by atoms with Crippen molar-refractivity contribution in [3.8, 4) is 0 Å². The second-order valence-electron chi connectivity index (χ2n) is 7.12. The van der Waals surface area contributed by atoms with Crippen LogP contribution in [0.4, 0.5) is 4.79 Å². The topological polar surface area (TPSA) is 61.9 Å². The van der Waals surface area contributed by atoms with Crippen LogP contribution in [0.15, 0.2) is 0 Å². The van der Waals surface area contributed by atoms with Crippen molar-refractivity contribution >= 4 is 11.9 Å². The number of ether oxygens (including phenoxy) is 1. The second-order valence-corrected chi connectivity index (χ2v) is 7.12. The van der Waals surface area contributed by atoms with E-state index in [1.807, 2.05) is 0 Å². The zero-order valence-corrected chi connectivity index (χ0v) is 13.6. The molecule has 6 nitrogen and oxygen atoms in total. The molecule has 124 valence electrons. The van der Waals surface area contributed by atoms with Gasteiger partial charge in [0.25, 0.3) is 5.91 Å². The van der Waals surface area contributed by atoms with Crippen molar-refractivity contribution in [3.63, 3.8) is 0 Å². The van der Waals surface area contributed by atoms with Crippen molar-refractivity contribution in [1.82, 2.24) is 15.1 Å². The number of amides is 3. The second kappa shape index (κ2) is 6.16. The van der Waals surface area contributed by atoms with Gasteiger partial charge in [0.05, 0.1) is 12.8 Å². The normalized spacial score (nSPS) is 34.5. The highest BCUT2D eigenvalue weighted by atomic mass is 16.5. The van der Waals surface area contributed by atoms with Gasteiger partial charge in [0.15, 0.2) is 0 Å². The maximum Gasteiger partial charge on any atom is 0.326 e. The van der Waals surface area contributed by atoms with Gasteiger partial charge in [0.1, 0.15) is 5.54 Å². The van der Waals surface area contributed by atoms with E-state index in [-0.39, 0.29) is 11.9 Å². The van der Waals surface area contributed by atoms with E-state index in [0.717, 1.165) is 51.6 Å². The van der Waals surface area contributed by atoms with Gasteiger partial charge in [-0.2, -0.15) is 0 Å². The maximum absolute atomic E-state index is 12.8. The Bertz CT molecular complexity index is 438. The fraction of sp³-hybridized carbons (Fsp3) is 0.875. The van der Waals surface area contributed by atoms with Crippen molar-refractivity contribution in [2.45, 2.75) is 57.1 Å². The average Bonchev–Trinajstić information content (AvgIpc) is 2.76. The molecule has 2 saturated heterocycles. The number of carbonyl (C=O) groups excluding carboxylic acids is 2. The molecule has 0 bridgehead atoms. The third-order valence-electron chi connectivity index (χ3n) is 5.58. The zero-order chi connectivity index (χ0) is 15.7. The van der Waals surface area contributed by atoms with Gasteiger partial charge < -0.3 is 10.1 Å². The molecular formula is C16H27N3O3. The molecule has 1 aliphatic carbocycles. The van der Waals surface area contributed by atoms with Crippen LogP contribution in [0.25, 0.3) is 0 Å². The van der Waals surface area contributed by atoms with Crippen LogP contribution in [-0.2, 0) is 9.53 Å². The number of likely N-dealkylation sites (tertiary alicyclic amines) is 1. The third kappa shape index (κ3) is 2.86. The number of carbonyl (C=O) groups is 2. The average molecular weight is 309 g/mol. The number of imide groups is 1. The minimum absolute atomic E-state index is 0.0155. The van der Waals surface area contributed by atoms with E-state index < -0.39 is 5.54 Å². The molecule has 3 rings (SSSR count). The van der Waals surface area contributed by atoms with E-state index in [9.17, 15) is 9.59 Å². The first-order chi connectivity index (χ1) is 10.5. The van der Waals surface area contributed by atoms with Gasteiger partial charge in [-0.25, -0.2) is 9.69 Å². The monoisotopic (exact) mass is 309 g/mol. The van der Waals surface area contributed by atoms with E-state index in [1.165, 1.54) is 4.90 Å². The van der Waals surface area contributed by atoms with Crippen molar-refractivity contribution in [1.29, 1.82) is 0 Å². The number of rotatable bonds is 3. The third-order valence-corrected chi connectivity index (χ3v) is 5.58. The Morgan fingerprint density at radius 2 is 1.82 bits per heavy atom. The summed E-state index contributed by atoms with van der Waals surface area (Å²) in [6, 6.07) is -0.214. The summed E-state index contributed by atoms with van der Waals surface area (Å²) in [5.41, 5.74) is -0.617. The van der Waals surface area contributed by atoms with Crippen LogP contribution in [0.1, 0.15) is 45.4 Å². The summed E-state index contributed by atoms with van der Waals surface area (Å²) >= 11 is 0. The van der Waals surface area contributed by atoms with Gasteiger partial charge in [-0.15, -0.1) is 0 Å². The summed E-state index contributed by atoms with van der Waals surface area (Å²) in [6.45, 7) is 4.38. The molecule has 0 atom stereocenters.